The van der Waals surface area contributed by atoms with E-state index in [2.05, 4.69) is 5.92 Å². The van der Waals surface area contributed by atoms with Crippen LogP contribution in [0, 0.1) is 12.3 Å². The van der Waals surface area contributed by atoms with Gasteiger partial charge in [-0.15, -0.1) is 12.3 Å². The third-order valence-corrected chi connectivity index (χ3v) is 2.73. The molecule has 2 atom stereocenters. The molecule has 0 saturated carbocycles. The summed E-state index contributed by atoms with van der Waals surface area (Å²) in [5.74, 6) is 0.984. The van der Waals surface area contributed by atoms with Gasteiger partial charge < -0.3 is 15.7 Å². The minimum atomic E-state index is -0.971. The highest BCUT2D eigenvalue weighted by Crippen LogP contribution is 2.18. The van der Waals surface area contributed by atoms with E-state index in [0.29, 0.717) is 13.0 Å². The number of carboxylic acids is 1. The largest absolute Gasteiger partial charge is 0.480 e. The van der Waals surface area contributed by atoms with Crippen LogP contribution in [0.25, 0.3) is 0 Å². The van der Waals surface area contributed by atoms with Crippen LogP contribution in [-0.2, 0) is 9.59 Å². The van der Waals surface area contributed by atoms with E-state index in [1.54, 1.807) is 0 Å². The summed E-state index contributed by atoms with van der Waals surface area (Å²) in [4.78, 5) is 24.2. The van der Waals surface area contributed by atoms with E-state index < -0.39 is 18.1 Å². The van der Waals surface area contributed by atoms with Crippen LogP contribution in [0.2, 0.25) is 0 Å². The molecule has 1 saturated heterocycles. The highest BCUT2D eigenvalue weighted by atomic mass is 16.4. The lowest BCUT2D eigenvalue weighted by molar-refractivity contribution is -0.152. The molecule has 0 bridgehead atoms. The fourth-order valence-electron chi connectivity index (χ4n) is 1.88. The van der Waals surface area contributed by atoms with Crippen LogP contribution >= 0.6 is 0 Å². The number of rotatable bonds is 3. The number of piperidine rings is 1. The Morgan fingerprint density at radius 1 is 1.56 bits per heavy atom. The first-order valence-electron chi connectivity index (χ1n) is 5.30. The molecule has 0 spiro atoms. The highest BCUT2D eigenvalue weighted by Gasteiger charge is 2.33. The zero-order chi connectivity index (χ0) is 12.1. The van der Waals surface area contributed by atoms with Crippen molar-refractivity contribution in [1.82, 2.24) is 4.90 Å². The van der Waals surface area contributed by atoms with Gasteiger partial charge in [-0.3, -0.25) is 4.79 Å². The van der Waals surface area contributed by atoms with Gasteiger partial charge in [0.25, 0.3) is 0 Å². The van der Waals surface area contributed by atoms with Gasteiger partial charge in [0.1, 0.15) is 6.04 Å². The monoisotopic (exact) mass is 224 g/mol. The molecule has 0 aliphatic carbocycles. The Balaban J connectivity index is 2.72. The van der Waals surface area contributed by atoms with Gasteiger partial charge in [0, 0.05) is 13.0 Å². The number of aliphatic carboxylic acids is 1. The molecule has 1 rings (SSSR count). The molecule has 1 heterocycles. The Hall–Kier alpha value is -1.54. The molecular formula is C11H16N2O3. The van der Waals surface area contributed by atoms with E-state index in [0.717, 1.165) is 12.8 Å². The SMILES string of the molecule is C#CCC(N)C(=O)N1CCCC[C@H]1C(=O)O. The Labute approximate surface area is 94.6 Å². The van der Waals surface area contributed by atoms with E-state index in [9.17, 15) is 9.59 Å². The number of likely N-dealkylation sites (tertiary alicyclic amines) is 1. The van der Waals surface area contributed by atoms with E-state index in [-0.39, 0.29) is 12.3 Å². The molecule has 0 aromatic rings. The molecule has 5 heteroatoms. The van der Waals surface area contributed by atoms with Crippen molar-refractivity contribution in [1.29, 1.82) is 0 Å². The first kappa shape index (κ1) is 12.5. The summed E-state index contributed by atoms with van der Waals surface area (Å²) in [6, 6.07) is -1.53. The van der Waals surface area contributed by atoms with Crippen LogP contribution in [-0.4, -0.2) is 40.5 Å². The third-order valence-electron chi connectivity index (χ3n) is 2.73. The number of nitrogens with two attached hydrogens (primary N) is 1. The van der Waals surface area contributed by atoms with Crippen molar-refractivity contribution in [2.24, 2.45) is 5.73 Å². The lowest BCUT2D eigenvalue weighted by Crippen LogP contribution is -2.53. The Morgan fingerprint density at radius 2 is 2.25 bits per heavy atom. The van der Waals surface area contributed by atoms with Crippen molar-refractivity contribution >= 4 is 11.9 Å². The number of nitrogens with zero attached hydrogens (tertiary/aromatic N) is 1. The molecule has 1 amide bonds. The van der Waals surface area contributed by atoms with Crippen LogP contribution in [0.3, 0.4) is 0 Å². The van der Waals surface area contributed by atoms with E-state index in [1.807, 2.05) is 0 Å². The Kier molecular flexibility index (Phi) is 4.32. The molecule has 16 heavy (non-hydrogen) atoms. The number of carbonyl (C=O) groups excluding carboxylic acids is 1. The second kappa shape index (κ2) is 5.52. The molecule has 1 unspecified atom stereocenters. The van der Waals surface area contributed by atoms with Crippen LogP contribution < -0.4 is 5.73 Å². The summed E-state index contributed by atoms with van der Waals surface area (Å²) < 4.78 is 0. The summed E-state index contributed by atoms with van der Waals surface area (Å²) in [6.07, 6.45) is 7.35. The van der Waals surface area contributed by atoms with Crippen molar-refractivity contribution in [2.75, 3.05) is 6.54 Å². The summed E-state index contributed by atoms with van der Waals surface area (Å²) in [7, 11) is 0. The van der Waals surface area contributed by atoms with Gasteiger partial charge in [-0.25, -0.2) is 4.79 Å². The minimum Gasteiger partial charge on any atom is -0.480 e. The maximum atomic E-state index is 11.8. The quantitative estimate of drug-likeness (QED) is 0.650. The van der Waals surface area contributed by atoms with Crippen LogP contribution in [0.15, 0.2) is 0 Å². The number of hydrogen-bond acceptors (Lipinski definition) is 3. The number of terminal acetylenes is 1. The Morgan fingerprint density at radius 3 is 2.81 bits per heavy atom. The van der Waals surface area contributed by atoms with Gasteiger partial charge in [-0.1, -0.05) is 0 Å². The van der Waals surface area contributed by atoms with Gasteiger partial charge in [0.05, 0.1) is 6.04 Å². The normalized spacial score (nSPS) is 22.2. The third kappa shape index (κ3) is 2.74. The first-order valence-corrected chi connectivity index (χ1v) is 5.30. The first-order chi connectivity index (χ1) is 7.57. The maximum Gasteiger partial charge on any atom is 0.326 e. The predicted octanol–water partition coefficient (Wildman–Crippen LogP) is -0.197. The number of carboxylic acid groups (broad SMARTS) is 1. The summed E-state index contributed by atoms with van der Waals surface area (Å²) in [5.41, 5.74) is 5.59. The molecule has 1 fully saturated rings. The van der Waals surface area contributed by atoms with Crippen molar-refractivity contribution < 1.29 is 14.7 Å². The van der Waals surface area contributed by atoms with Crippen molar-refractivity contribution in [3.63, 3.8) is 0 Å². The minimum absolute atomic E-state index is 0.141. The lowest BCUT2D eigenvalue weighted by Gasteiger charge is -2.34. The zero-order valence-electron chi connectivity index (χ0n) is 9.06. The fourth-order valence-corrected chi connectivity index (χ4v) is 1.88. The molecule has 0 aromatic heterocycles. The molecule has 0 aromatic carbocycles. The lowest BCUT2D eigenvalue weighted by atomic mass is 10.0. The summed E-state index contributed by atoms with van der Waals surface area (Å²) in [6.45, 7) is 0.452. The maximum absolute atomic E-state index is 11.8. The van der Waals surface area contributed by atoms with Crippen molar-refractivity contribution in [2.45, 2.75) is 37.8 Å². The van der Waals surface area contributed by atoms with E-state index in [4.69, 9.17) is 17.3 Å². The Bertz CT molecular complexity index is 322. The fraction of sp³-hybridized carbons (Fsp3) is 0.636. The number of hydrogen-bond donors (Lipinski definition) is 2. The van der Waals surface area contributed by atoms with Crippen LogP contribution in [0.1, 0.15) is 25.7 Å². The zero-order valence-corrected chi connectivity index (χ0v) is 9.06. The highest BCUT2D eigenvalue weighted by molar-refractivity contribution is 5.87. The topological polar surface area (TPSA) is 83.6 Å². The summed E-state index contributed by atoms with van der Waals surface area (Å²) in [5, 5.41) is 8.99. The molecule has 3 N–H and O–H groups in total. The van der Waals surface area contributed by atoms with Gasteiger partial charge in [-0.2, -0.15) is 0 Å². The molecule has 1 aliphatic heterocycles. The van der Waals surface area contributed by atoms with E-state index in [1.165, 1.54) is 4.90 Å². The van der Waals surface area contributed by atoms with Crippen molar-refractivity contribution in [3.8, 4) is 12.3 Å². The average Bonchev–Trinajstić information content (AvgIpc) is 2.28. The molecule has 5 nitrogen and oxygen atoms in total. The smallest absolute Gasteiger partial charge is 0.326 e. The molecule has 1 aliphatic rings. The van der Waals surface area contributed by atoms with Crippen molar-refractivity contribution in [3.05, 3.63) is 0 Å². The molecule has 0 radical (unpaired) electrons. The summed E-state index contributed by atoms with van der Waals surface area (Å²) >= 11 is 0. The average molecular weight is 224 g/mol. The van der Waals surface area contributed by atoms with Crippen LogP contribution in [0.5, 0.6) is 0 Å². The van der Waals surface area contributed by atoms with Gasteiger partial charge in [-0.05, 0) is 19.3 Å². The predicted molar refractivity (Wildman–Crippen MR) is 58.4 cm³/mol. The second-order valence-electron chi connectivity index (χ2n) is 3.90. The number of amides is 1. The molecular weight excluding hydrogens is 208 g/mol. The second-order valence-corrected chi connectivity index (χ2v) is 3.90. The van der Waals surface area contributed by atoms with Gasteiger partial charge in [0.2, 0.25) is 5.91 Å². The van der Waals surface area contributed by atoms with Crippen LogP contribution in [0.4, 0.5) is 0 Å². The van der Waals surface area contributed by atoms with Gasteiger partial charge >= 0.3 is 5.97 Å². The molecule has 88 valence electrons. The number of carbonyl (C=O) groups is 2. The van der Waals surface area contributed by atoms with Gasteiger partial charge in [0.15, 0.2) is 0 Å². The standard InChI is InChI=1S/C11H16N2O3/c1-2-5-8(12)10(14)13-7-4-3-6-9(13)11(15)16/h1,8-9H,3-7,12H2,(H,15,16)/t8?,9-/m0/s1. The van der Waals surface area contributed by atoms with E-state index >= 15 is 0 Å².